The second-order valence-corrected chi connectivity index (χ2v) is 9.20. The average molecular weight is 492 g/mol. The third-order valence-electron chi connectivity index (χ3n) is 6.98. The number of likely N-dealkylation sites (tertiary alicyclic amines) is 1. The van der Waals surface area contributed by atoms with E-state index in [1.54, 1.807) is 13.0 Å². The van der Waals surface area contributed by atoms with Gasteiger partial charge in [-0.1, -0.05) is 54.6 Å². The third kappa shape index (κ3) is 4.13. The summed E-state index contributed by atoms with van der Waals surface area (Å²) >= 11 is 0. The molecule has 184 valence electrons. The molecule has 1 fully saturated rings. The van der Waals surface area contributed by atoms with Gasteiger partial charge in [0, 0.05) is 18.7 Å². The van der Waals surface area contributed by atoms with E-state index in [0.717, 1.165) is 34.4 Å². The number of carbonyl (C=O) groups is 2. The van der Waals surface area contributed by atoms with Crippen molar-refractivity contribution < 1.29 is 27.5 Å². The Labute approximate surface area is 207 Å². The van der Waals surface area contributed by atoms with Crippen molar-refractivity contribution in [3.05, 3.63) is 106 Å². The van der Waals surface area contributed by atoms with Crippen LogP contribution in [0.3, 0.4) is 0 Å². The van der Waals surface area contributed by atoms with Gasteiger partial charge in [-0.3, -0.25) is 14.5 Å². The number of alkyl halides is 3. The zero-order valence-corrected chi connectivity index (χ0v) is 19.8. The van der Waals surface area contributed by atoms with E-state index in [1.807, 2.05) is 42.5 Å². The number of nitrogens with zero attached hydrogens (tertiary/aromatic N) is 1. The Bertz CT molecular complexity index is 1360. The number of esters is 1. The lowest BCUT2D eigenvalue weighted by atomic mass is 9.66. The number of ketones is 1. The van der Waals surface area contributed by atoms with Gasteiger partial charge in [0.1, 0.15) is 0 Å². The number of rotatable bonds is 6. The predicted molar refractivity (Wildman–Crippen MR) is 130 cm³/mol. The first kappa shape index (κ1) is 24.0. The van der Waals surface area contributed by atoms with E-state index in [4.69, 9.17) is 4.74 Å². The lowest BCUT2D eigenvalue weighted by Crippen LogP contribution is -2.59. The Morgan fingerprint density at radius 1 is 1.03 bits per heavy atom. The summed E-state index contributed by atoms with van der Waals surface area (Å²) in [5.74, 6) is -0.675. The topological polar surface area (TPSA) is 46.6 Å². The Hall–Kier alpha value is -3.71. The maximum absolute atomic E-state index is 13.5. The molecule has 1 saturated heterocycles. The van der Waals surface area contributed by atoms with Crippen LogP contribution in [0.15, 0.2) is 89.5 Å². The first-order chi connectivity index (χ1) is 17.2. The number of hydrogen-bond acceptors (Lipinski definition) is 4. The van der Waals surface area contributed by atoms with Gasteiger partial charge in [0.2, 0.25) is 0 Å². The minimum Gasteiger partial charge on any atom is -0.469 e. The Morgan fingerprint density at radius 3 is 2.42 bits per heavy atom. The van der Waals surface area contributed by atoms with Gasteiger partial charge >= 0.3 is 12.1 Å². The summed E-state index contributed by atoms with van der Waals surface area (Å²) in [6, 6.07) is 14.6. The van der Waals surface area contributed by atoms with Gasteiger partial charge in [-0.2, -0.15) is 13.2 Å². The monoisotopic (exact) mass is 491 g/mol. The molecule has 2 aliphatic carbocycles. The number of benzene rings is 2. The van der Waals surface area contributed by atoms with Gasteiger partial charge in [-0.05, 0) is 58.6 Å². The zero-order valence-electron chi connectivity index (χ0n) is 19.8. The van der Waals surface area contributed by atoms with Crippen molar-refractivity contribution in [2.75, 3.05) is 20.2 Å². The summed E-state index contributed by atoms with van der Waals surface area (Å²) in [6.07, 6.45) is 0.888. The summed E-state index contributed by atoms with van der Waals surface area (Å²) in [4.78, 5) is 27.5. The molecule has 4 nitrogen and oxygen atoms in total. The highest BCUT2D eigenvalue weighted by molar-refractivity contribution is 6.17. The van der Waals surface area contributed by atoms with Crippen molar-refractivity contribution in [2.45, 2.75) is 19.1 Å². The maximum Gasteiger partial charge on any atom is 0.416 e. The summed E-state index contributed by atoms with van der Waals surface area (Å²) in [5, 5.41) is 0. The van der Waals surface area contributed by atoms with Crippen molar-refractivity contribution >= 4 is 22.9 Å². The Kier molecular flexibility index (Phi) is 6.04. The van der Waals surface area contributed by atoms with Gasteiger partial charge in [-0.25, -0.2) is 0 Å². The van der Waals surface area contributed by atoms with Crippen molar-refractivity contribution in [3.8, 4) is 0 Å². The van der Waals surface area contributed by atoms with Crippen LogP contribution in [-0.2, 0) is 20.5 Å². The van der Waals surface area contributed by atoms with Crippen LogP contribution >= 0.6 is 0 Å². The quantitative estimate of drug-likeness (QED) is 0.396. The van der Waals surface area contributed by atoms with Gasteiger partial charge in [-0.15, -0.1) is 0 Å². The summed E-state index contributed by atoms with van der Waals surface area (Å²) in [5.41, 5.74) is 4.30. The lowest BCUT2D eigenvalue weighted by molar-refractivity contribution is -0.152. The number of methoxy groups -OCH3 is 1. The molecule has 7 heteroatoms. The van der Waals surface area contributed by atoms with Crippen LogP contribution in [-0.4, -0.2) is 42.9 Å². The van der Waals surface area contributed by atoms with E-state index in [1.165, 1.54) is 19.3 Å². The first-order valence-electron chi connectivity index (χ1n) is 11.6. The molecule has 1 unspecified atom stereocenters. The second kappa shape index (κ2) is 9.06. The molecule has 5 rings (SSSR count). The molecule has 36 heavy (non-hydrogen) atoms. The highest BCUT2D eigenvalue weighted by atomic mass is 19.4. The molecule has 1 heterocycles. The van der Waals surface area contributed by atoms with Crippen LogP contribution in [0, 0.1) is 5.92 Å². The van der Waals surface area contributed by atoms with Crippen molar-refractivity contribution in [1.29, 1.82) is 0 Å². The van der Waals surface area contributed by atoms with Crippen molar-refractivity contribution in [1.82, 2.24) is 4.90 Å². The lowest BCUT2D eigenvalue weighted by Gasteiger charge is -2.51. The van der Waals surface area contributed by atoms with Crippen LogP contribution in [0.1, 0.15) is 23.6 Å². The number of halogens is 3. The molecule has 1 aliphatic heterocycles. The van der Waals surface area contributed by atoms with Crippen LogP contribution in [0.4, 0.5) is 13.2 Å². The number of ether oxygens (including phenoxy) is 1. The molecule has 2 aromatic carbocycles. The first-order valence-corrected chi connectivity index (χ1v) is 11.6. The molecule has 0 radical (unpaired) electrons. The SMILES string of the molecule is COC(=O)C1CN(C2c3ccc(-c4ccccc4)c2c3C(=O)/C=C(\C)c2cccc(C(F)(F)F)c2)C1. The summed E-state index contributed by atoms with van der Waals surface area (Å²) in [7, 11) is 1.38. The molecule has 0 saturated carbocycles. The van der Waals surface area contributed by atoms with E-state index in [9.17, 15) is 22.8 Å². The van der Waals surface area contributed by atoms with Crippen molar-refractivity contribution in [2.24, 2.45) is 5.92 Å². The highest BCUT2D eigenvalue weighted by Crippen LogP contribution is 2.50. The summed E-state index contributed by atoms with van der Waals surface area (Å²) in [6.45, 7) is 2.73. The molecule has 0 aromatic heterocycles. The standard InChI is InChI=1S/C29H24F3NO3/c1-17(19-9-6-10-21(14-19)29(30,31)32)13-24(34)25-23-12-11-22(18-7-4-3-5-8-18)26(25)27(23)33-15-20(16-33)28(35)36-2/h3-14,20,27H,15-16H2,1-2H3/b17-13+. The predicted octanol–water partition coefficient (Wildman–Crippen LogP) is 5.49. The minimum atomic E-state index is -4.46. The van der Waals surface area contributed by atoms with Crippen LogP contribution in [0.2, 0.25) is 0 Å². The van der Waals surface area contributed by atoms with Gasteiger partial charge < -0.3 is 4.74 Å². The fourth-order valence-corrected chi connectivity index (χ4v) is 5.08. The fraction of sp³-hybridized carbons (Fsp3) is 0.241. The average Bonchev–Trinajstić information content (AvgIpc) is 2.85. The third-order valence-corrected chi connectivity index (χ3v) is 6.98. The van der Waals surface area contributed by atoms with E-state index < -0.39 is 11.7 Å². The Balaban J connectivity index is 1.48. The minimum absolute atomic E-state index is 0.104. The van der Waals surface area contributed by atoms with E-state index in [0.29, 0.717) is 29.8 Å². The number of allylic oxidation sites excluding steroid dienone is 4. The van der Waals surface area contributed by atoms with Gasteiger partial charge in [0.05, 0.1) is 24.6 Å². The molecule has 0 N–H and O–H groups in total. The Morgan fingerprint density at radius 2 is 1.75 bits per heavy atom. The van der Waals surface area contributed by atoms with Crippen LogP contribution in [0.25, 0.3) is 11.1 Å². The normalized spacial score (nSPS) is 20.2. The fourth-order valence-electron chi connectivity index (χ4n) is 5.08. The maximum atomic E-state index is 13.5. The molecular formula is C29H24F3NO3. The molecule has 0 spiro atoms. The van der Waals surface area contributed by atoms with E-state index in [-0.39, 0.29) is 23.7 Å². The van der Waals surface area contributed by atoms with Gasteiger partial charge in [0.15, 0.2) is 5.78 Å². The number of carbonyl (C=O) groups excluding carboxylic acids is 2. The zero-order chi connectivity index (χ0) is 25.6. The molecule has 0 amide bonds. The smallest absolute Gasteiger partial charge is 0.416 e. The molecule has 2 bridgehead atoms. The highest BCUT2D eigenvalue weighted by Gasteiger charge is 2.49. The van der Waals surface area contributed by atoms with Crippen LogP contribution in [0.5, 0.6) is 0 Å². The molecule has 3 aliphatic rings. The number of fused-ring (bicyclic) bond motifs is 2. The van der Waals surface area contributed by atoms with E-state index in [2.05, 4.69) is 4.90 Å². The largest absolute Gasteiger partial charge is 0.469 e. The second-order valence-electron chi connectivity index (χ2n) is 9.20. The van der Waals surface area contributed by atoms with E-state index >= 15 is 0 Å². The van der Waals surface area contributed by atoms with Gasteiger partial charge in [0.25, 0.3) is 0 Å². The molecule has 2 aromatic rings. The molecule has 1 atom stereocenters. The summed E-state index contributed by atoms with van der Waals surface area (Å²) < 4.78 is 44.3. The number of hydrogen-bond donors (Lipinski definition) is 0. The molecular weight excluding hydrogens is 467 g/mol. The van der Waals surface area contributed by atoms with Crippen molar-refractivity contribution in [3.63, 3.8) is 0 Å². The van der Waals surface area contributed by atoms with Crippen LogP contribution < -0.4 is 0 Å².